The minimum absolute atomic E-state index is 0.583. The van der Waals surface area contributed by atoms with E-state index in [1.807, 2.05) is 19.9 Å². The second-order valence-electron chi connectivity index (χ2n) is 2.02. The lowest BCUT2D eigenvalue weighted by molar-refractivity contribution is 0.403. The Balaban J connectivity index is 4.07. The first-order valence-electron chi connectivity index (χ1n) is 3.50. The first-order valence-corrected chi connectivity index (χ1v) is 5.38. The van der Waals surface area contributed by atoms with Crippen molar-refractivity contribution in [3.8, 4) is 0 Å². The molecule has 2 nitrogen and oxygen atoms in total. The van der Waals surface area contributed by atoms with Gasteiger partial charge in [-0.25, -0.2) is 0 Å². The van der Waals surface area contributed by atoms with E-state index in [4.69, 9.17) is 4.52 Å². The molecule has 0 heterocycles. The van der Waals surface area contributed by atoms with E-state index in [0.29, 0.717) is 6.16 Å². The Bertz CT molecular complexity index is 144. The number of allylic oxidation sites excluding steroid dienone is 1. The van der Waals surface area contributed by atoms with Gasteiger partial charge < -0.3 is 4.52 Å². The number of hydrogen-bond acceptors (Lipinski definition) is 2. The lowest BCUT2D eigenvalue weighted by Crippen LogP contribution is -1.83. The minimum atomic E-state index is -2.38. The van der Waals surface area contributed by atoms with Crippen LogP contribution in [0, 0.1) is 0 Å². The van der Waals surface area contributed by atoms with Crippen molar-refractivity contribution in [2.45, 2.75) is 20.3 Å². The van der Waals surface area contributed by atoms with E-state index in [1.165, 1.54) is 7.11 Å². The molecule has 3 heteroatoms. The summed E-state index contributed by atoms with van der Waals surface area (Å²) < 4.78 is 16.3. The monoisotopic (exact) mass is 162 g/mol. The lowest BCUT2D eigenvalue weighted by atomic mass is 10.5. The van der Waals surface area contributed by atoms with Crippen molar-refractivity contribution in [1.29, 1.82) is 0 Å². The van der Waals surface area contributed by atoms with Gasteiger partial charge in [-0.15, -0.1) is 0 Å². The average molecular weight is 162 g/mol. The second-order valence-corrected chi connectivity index (χ2v) is 4.77. The zero-order valence-electron chi connectivity index (χ0n) is 6.83. The van der Waals surface area contributed by atoms with Gasteiger partial charge in [0, 0.05) is 13.3 Å². The van der Waals surface area contributed by atoms with Gasteiger partial charge in [0.05, 0.1) is 0 Å². The zero-order chi connectivity index (χ0) is 8.04. The van der Waals surface area contributed by atoms with Gasteiger partial charge in [0.2, 0.25) is 7.37 Å². The third-order valence-electron chi connectivity index (χ3n) is 1.32. The van der Waals surface area contributed by atoms with Crippen molar-refractivity contribution >= 4 is 7.37 Å². The molecule has 60 valence electrons. The molecule has 0 aromatic heterocycles. The standard InChI is InChI=1S/C7H15O2P/c1-4-6-7-10(8,5-2)9-3/h6-7H,4-5H2,1-3H3. The van der Waals surface area contributed by atoms with Crippen LogP contribution >= 0.6 is 7.37 Å². The first-order chi connectivity index (χ1) is 4.68. The van der Waals surface area contributed by atoms with Crippen molar-refractivity contribution < 1.29 is 9.09 Å². The molecular weight excluding hydrogens is 147 g/mol. The Labute approximate surface area is 62.7 Å². The predicted molar refractivity (Wildman–Crippen MR) is 44.6 cm³/mol. The van der Waals surface area contributed by atoms with Crippen LogP contribution in [-0.4, -0.2) is 13.3 Å². The molecule has 0 bridgehead atoms. The van der Waals surface area contributed by atoms with Gasteiger partial charge in [-0.1, -0.05) is 19.9 Å². The maximum absolute atomic E-state index is 11.4. The van der Waals surface area contributed by atoms with Crippen molar-refractivity contribution in [3.05, 3.63) is 11.9 Å². The van der Waals surface area contributed by atoms with Gasteiger partial charge in [0.25, 0.3) is 0 Å². The Hall–Kier alpha value is -0.0700. The molecule has 10 heavy (non-hydrogen) atoms. The summed E-state index contributed by atoms with van der Waals surface area (Å²) in [6, 6.07) is 0. The highest BCUT2D eigenvalue weighted by Crippen LogP contribution is 2.46. The van der Waals surface area contributed by atoms with Crippen LogP contribution in [0.15, 0.2) is 11.9 Å². The normalized spacial score (nSPS) is 17.5. The van der Waals surface area contributed by atoms with Gasteiger partial charge in [-0.3, -0.25) is 4.57 Å². The summed E-state index contributed by atoms with van der Waals surface area (Å²) in [6.07, 6.45) is 3.38. The summed E-state index contributed by atoms with van der Waals surface area (Å²) in [5, 5.41) is 0. The SMILES string of the molecule is CCC=CP(=O)(CC)OC. The fraction of sp³-hybridized carbons (Fsp3) is 0.714. The second kappa shape index (κ2) is 4.70. The predicted octanol–water partition coefficient (Wildman–Crippen LogP) is 2.85. The van der Waals surface area contributed by atoms with Crippen LogP contribution in [0.2, 0.25) is 0 Å². The molecule has 1 atom stereocenters. The summed E-state index contributed by atoms with van der Waals surface area (Å²) in [5.74, 6) is 1.69. The quantitative estimate of drug-likeness (QED) is 0.594. The fourth-order valence-corrected chi connectivity index (χ4v) is 1.68. The Morgan fingerprint density at radius 2 is 2.10 bits per heavy atom. The van der Waals surface area contributed by atoms with E-state index in [1.54, 1.807) is 5.82 Å². The summed E-state index contributed by atoms with van der Waals surface area (Å²) >= 11 is 0. The molecule has 1 unspecified atom stereocenters. The van der Waals surface area contributed by atoms with E-state index in [-0.39, 0.29) is 0 Å². The highest BCUT2D eigenvalue weighted by molar-refractivity contribution is 7.62. The molecule has 0 radical (unpaired) electrons. The number of hydrogen-bond donors (Lipinski definition) is 0. The Morgan fingerprint density at radius 3 is 2.40 bits per heavy atom. The fourth-order valence-electron chi connectivity index (χ4n) is 0.561. The van der Waals surface area contributed by atoms with E-state index in [2.05, 4.69) is 0 Å². The summed E-state index contributed by atoms with van der Waals surface area (Å²) in [7, 11) is -0.888. The zero-order valence-corrected chi connectivity index (χ0v) is 7.73. The summed E-state index contributed by atoms with van der Waals surface area (Å²) in [6.45, 7) is 3.87. The summed E-state index contributed by atoms with van der Waals surface area (Å²) in [5.41, 5.74) is 0. The molecule has 0 aliphatic carbocycles. The average Bonchev–Trinajstić information content (AvgIpc) is 2.00. The molecular formula is C7H15O2P. The van der Waals surface area contributed by atoms with Gasteiger partial charge in [0.1, 0.15) is 0 Å². The molecule has 0 aromatic carbocycles. The molecule has 0 amide bonds. The summed E-state index contributed by atoms with van der Waals surface area (Å²) in [4.78, 5) is 0. The van der Waals surface area contributed by atoms with Crippen molar-refractivity contribution in [2.75, 3.05) is 13.3 Å². The number of rotatable bonds is 4. The largest absolute Gasteiger partial charge is 0.329 e. The smallest absolute Gasteiger partial charge is 0.224 e. The van der Waals surface area contributed by atoms with Crippen molar-refractivity contribution in [2.24, 2.45) is 0 Å². The van der Waals surface area contributed by atoms with Crippen LogP contribution in [0.3, 0.4) is 0 Å². The van der Waals surface area contributed by atoms with Gasteiger partial charge >= 0.3 is 0 Å². The molecule has 0 N–H and O–H groups in total. The molecule has 0 rings (SSSR count). The van der Waals surface area contributed by atoms with Gasteiger partial charge in [-0.2, -0.15) is 0 Å². The van der Waals surface area contributed by atoms with Crippen LogP contribution in [0.1, 0.15) is 20.3 Å². The molecule has 0 saturated heterocycles. The van der Waals surface area contributed by atoms with Crippen molar-refractivity contribution in [3.63, 3.8) is 0 Å². The molecule has 0 aromatic rings. The van der Waals surface area contributed by atoms with Crippen LogP contribution in [0.25, 0.3) is 0 Å². The Morgan fingerprint density at radius 1 is 1.50 bits per heavy atom. The molecule has 0 aliphatic rings. The Kier molecular flexibility index (Phi) is 4.67. The van der Waals surface area contributed by atoms with Crippen LogP contribution in [0.4, 0.5) is 0 Å². The maximum Gasteiger partial charge on any atom is 0.224 e. The lowest BCUT2D eigenvalue weighted by Gasteiger charge is -2.07. The highest BCUT2D eigenvalue weighted by atomic mass is 31.2. The molecule has 0 fully saturated rings. The van der Waals surface area contributed by atoms with Gasteiger partial charge in [-0.05, 0) is 12.2 Å². The van der Waals surface area contributed by atoms with Gasteiger partial charge in [0.15, 0.2) is 0 Å². The third-order valence-corrected chi connectivity index (χ3v) is 3.48. The van der Waals surface area contributed by atoms with Crippen molar-refractivity contribution in [1.82, 2.24) is 0 Å². The topological polar surface area (TPSA) is 26.3 Å². The van der Waals surface area contributed by atoms with E-state index in [9.17, 15) is 4.57 Å². The molecule has 0 saturated carbocycles. The first kappa shape index (κ1) is 9.93. The highest BCUT2D eigenvalue weighted by Gasteiger charge is 2.12. The molecule has 0 aliphatic heterocycles. The van der Waals surface area contributed by atoms with Crippen LogP contribution < -0.4 is 0 Å². The van der Waals surface area contributed by atoms with Crippen LogP contribution in [-0.2, 0) is 9.09 Å². The minimum Gasteiger partial charge on any atom is -0.329 e. The third kappa shape index (κ3) is 3.19. The van der Waals surface area contributed by atoms with E-state index >= 15 is 0 Å². The maximum atomic E-state index is 11.4. The van der Waals surface area contributed by atoms with E-state index < -0.39 is 7.37 Å². The van der Waals surface area contributed by atoms with Crippen LogP contribution in [0.5, 0.6) is 0 Å². The van der Waals surface area contributed by atoms with E-state index in [0.717, 1.165) is 6.42 Å². The molecule has 0 spiro atoms.